The zero-order valence-electron chi connectivity index (χ0n) is 19.3. The molecule has 33 heavy (non-hydrogen) atoms. The van der Waals surface area contributed by atoms with Crippen LogP contribution in [0, 0.1) is 0 Å². The highest BCUT2D eigenvalue weighted by atomic mass is 19.1. The lowest BCUT2D eigenvalue weighted by molar-refractivity contribution is 0.110. The lowest BCUT2D eigenvalue weighted by Gasteiger charge is -2.28. The van der Waals surface area contributed by atoms with Crippen LogP contribution in [0.4, 0.5) is 10.3 Å². The van der Waals surface area contributed by atoms with Gasteiger partial charge in [-0.1, -0.05) is 12.1 Å². The Morgan fingerprint density at radius 2 is 1.94 bits per heavy atom. The summed E-state index contributed by atoms with van der Waals surface area (Å²) in [7, 11) is 2.14. The van der Waals surface area contributed by atoms with Gasteiger partial charge in [-0.05, 0) is 57.0 Å². The number of aromatic nitrogens is 4. The molecule has 0 atom stereocenters. The van der Waals surface area contributed by atoms with E-state index in [1.807, 2.05) is 24.4 Å². The Bertz CT molecular complexity index is 1200. The van der Waals surface area contributed by atoms with Gasteiger partial charge < -0.3 is 15.0 Å². The Labute approximate surface area is 193 Å². The highest BCUT2D eigenvalue weighted by Gasteiger charge is 2.21. The molecule has 2 aliphatic rings. The molecule has 2 aromatic heterocycles. The van der Waals surface area contributed by atoms with Gasteiger partial charge in [0.25, 0.3) is 0 Å². The average Bonchev–Trinajstić information content (AvgIpc) is 3.21. The summed E-state index contributed by atoms with van der Waals surface area (Å²) in [6.07, 6.45) is 8.57. The number of piperidine rings is 1. The van der Waals surface area contributed by atoms with Gasteiger partial charge in [0.1, 0.15) is 11.8 Å². The molecule has 1 aliphatic carbocycles. The summed E-state index contributed by atoms with van der Waals surface area (Å²) in [6, 6.07) is 6.08. The van der Waals surface area contributed by atoms with E-state index in [2.05, 4.69) is 38.3 Å². The van der Waals surface area contributed by atoms with Crippen LogP contribution in [0.2, 0.25) is 0 Å². The number of nitrogens with zero attached hydrogens (tertiary/aromatic N) is 5. The van der Waals surface area contributed by atoms with Crippen LogP contribution in [0.15, 0.2) is 36.7 Å². The summed E-state index contributed by atoms with van der Waals surface area (Å²) in [5.74, 6) is 1.03. The Morgan fingerprint density at radius 1 is 1.12 bits per heavy atom. The predicted molar refractivity (Wildman–Crippen MR) is 127 cm³/mol. The van der Waals surface area contributed by atoms with E-state index in [9.17, 15) is 4.39 Å². The molecule has 0 bridgehead atoms. The highest BCUT2D eigenvalue weighted by Crippen LogP contribution is 2.33. The second-order valence-electron chi connectivity index (χ2n) is 9.48. The molecule has 5 rings (SSSR count). The second kappa shape index (κ2) is 8.67. The van der Waals surface area contributed by atoms with Gasteiger partial charge in [0.05, 0.1) is 29.5 Å². The van der Waals surface area contributed by atoms with Crippen LogP contribution in [0.1, 0.15) is 43.5 Å². The number of likely N-dealkylation sites (tertiary alicyclic amines) is 1. The summed E-state index contributed by atoms with van der Waals surface area (Å²) in [4.78, 5) is 20.6. The molecule has 172 valence electrons. The average molecular weight is 449 g/mol. The molecule has 1 fully saturated rings. The van der Waals surface area contributed by atoms with E-state index in [0.29, 0.717) is 18.2 Å². The fourth-order valence-electron chi connectivity index (χ4n) is 4.25. The second-order valence-corrected chi connectivity index (χ2v) is 9.48. The first-order valence-electron chi connectivity index (χ1n) is 11.5. The van der Waals surface area contributed by atoms with Crippen molar-refractivity contribution in [1.82, 2.24) is 24.8 Å². The number of hydrogen-bond acceptors (Lipinski definition) is 7. The van der Waals surface area contributed by atoms with Crippen molar-refractivity contribution in [3.63, 3.8) is 0 Å². The molecule has 0 amide bonds. The normalized spacial score (nSPS) is 17.2. The van der Waals surface area contributed by atoms with Crippen LogP contribution < -0.4 is 10.1 Å². The van der Waals surface area contributed by atoms with Crippen molar-refractivity contribution in [2.24, 2.45) is 0 Å². The minimum absolute atomic E-state index is 0.164. The molecule has 0 saturated carbocycles. The lowest BCUT2D eigenvalue weighted by Crippen LogP contribution is -2.35. The number of alkyl halides is 1. The Kier molecular flexibility index (Phi) is 5.70. The predicted octanol–water partition coefficient (Wildman–Crippen LogP) is 4.04. The molecule has 1 aliphatic heterocycles. The minimum Gasteiger partial charge on any atom is -0.473 e. The molecule has 7 nitrogen and oxygen atoms in total. The summed E-state index contributed by atoms with van der Waals surface area (Å²) in [5.41, 5.74) is 4.35. The topological polar surface area (TPSA) is 76.1 Å². The van der Waals surface area contributed by atoms with E-state index in [-0.39, 0.29) is 12.6 Å². The van der Waals surface area contributed by atoms with E-state index in [0.717, 1.165) is 59.4 Å². The molecule has 1 N–H and O–H groups in total. The van der Waals surface area contributed by atoms with Gasteiger partial charge >= 0.3 is 0 Å². The van der Waals surface area contributed by atoms with Crippen LogP contribution in [0.25, 0.3) is 16.6 Å². The number of halogens is 1. The first kappa shape index (κ1) is 21.7. The van der Waals surface area contributed by atoms with Crippen molar-refractivity contribution in [2.75, 3.05) is 32.0 Å². The number of nitrogens with one attached hydrogen (secondary N) is 1. The van der Waals surface area contributed by atoms with Crippen molar-refractivity contribution in [3.8, 4) is 5.88 Å². The quantitative estimate of drug-likeness (QED) is 0.610. The number of allylic oxidation sites excluding steroid dienone is 1. The van der Waals surface area contributed by atoms with Crippen molar-refractivity contribution >= 4 is 22.6 Å². The molecule has 1 aromatic carbocycles. The Balaban J connectivity index is 1.35. The molecule has 0 unspecified atom stereocenters. The standard InChI is InChI=1S/C25H29FN6O/c1-25(2,26)15-29-24-28-13-19-18(5-7-20(19)31-24)16-4-6-21-22(12-16)30-23(14-27-21)33-17-8-10-32(3)11-9-17/h4-6,12-14,17H,7-11,15H2,1-3H3,(H,28,29,31). The van der Waals surface area contributed by atoms with Gasteiger partial charge in [0.15, 0.2) is 0 Å². The van der Waals surface area contributed by atoms with Gasteiger partial charge in [-0.15, -0.1) is 0 Å². The van der Waals surface area contributed by atoms with Gasteiger partial charge in [0, 0.05) is 31.3 Å². The molecule has 0 spiro atoms. The van der Waals surface area contributed by atoms with Gasteiger partial charge in [-0.2, -0.15) is 0 Å². The number of fused-ring (bicyclic) bond motifs is 2. The number of ether oxygens (including phenoxy) is 1. The third-order valence-corrected chi connectivity index (χ3v) is 6.11. The smallest absolute Gasteiger partial charge is 0.233 e. The fraction of sp³-hybridized carbons (Fsp3) is 0.440. The minimum atomic E-state index is -1.33. The van der Waals surface area contributed by atoms with E-state index in [1.54, 1.807) is 6.20 Å². The maximum atomic E-state index is 13.8. The molecule has 3 heterocycles. The van der Waals surface area contributed by atoms with Gasteiger partial charge in [-0.25, -0.2) is 24.3 Å². The summed E-state index contributed by atoms with van der Waals surface area (Å²) < 4.78 is 19.9. The van der Waals surface area contributed by atoms with Crippen molar-refractivity contribution < 1.29 is 9.13 Å². The number of benzene rings is 1. The van der Waals surface area contributed by atoms with Gasteiger partial charge in [-0.3, -0.25) is 0 Å². The molecule has 1 saturated heterocycles. The van der Waals surface area contributed by atoms with Crippen LogP contribution in [-0.2, 0) is 6.42 Å². The van der Waals surface area contributed by atoms with Crippen LogP contribution in [-0.4, -0.2) is 63.3 Å². The third-order valence-electron chi connectivity index (χ3n) is 6.11. The van der Waals surface area contributed by atoms with Crippen LogP contribution in [0.5, 0.6) is 5.88 Å². The van der Waals surface area contributed by atoms with E-state index in [4.69, 9.17) is 9.72 Å². The van der Waals surface area contributed by atoms with Crippen LogP contribution >= 0.6 is 0 Å². The van der Waals surface area contributed by atoms with E-state index in [1.165, 1.54) is 13.8 Å². The van der Waals surface area contributed by atoms with Crippen molar-refractivity contribution in [2.45, 2.75) is 44.9 Å². The largest absolute Gasteiger partial charge is 0.473 e. The van der Waals surface area contributed by atoms with Crippen molar-refractivity contribution in [1.29, 1.82) is 0 Å². The maximum Gasteiger partial charge on any atom is 0.233 e. The molecular formula is C25H29FN6O. The zero-order valence-corrected chi connectivity index (χ0v) is 19.3. The maximum absolute atomic E-state index is 13.8. The summed E-state index contributed by atoms with van der Waals surface area (Å²) >= 11 is 0. The van der Waals surface area contributed by atoms with Crippen molar-refractivity contribution in [3.05, 3.63) is 53.5 Å². The van der Waals surface area contributed by atoms with E-state index >= 15 is 0 Å². The molecule has 0 radical (unpaired) electrons. The fourth-order valence-corrected chi connectivity index (χ4v) is 4.25. The zero-order chi connectivity index (χ0) is 23.0. The Morgan fingerprint density at radius 3 is 2.73 bits per heavy atom. The third kappa shape index (κ3) is 4.95. The van der Waals surface area contributed by atoms with E-state index < -0.39 is 5.67 Å². The first-order valence-corrected chi connectivity index (χ1v) is 11.5. The summed E-state index contributed by atoms with van der Waals surface area (Å²) in [6.45, 7) is 5.29. The highest BCUT2D eigenvalue weighted by molar-refractivity contribution is 5.88. The van der Waals surface area contributed by atoms with Crippen LogP contribution in [0.3, 0.4) is 0 Å². The number of hydrogen-bond donors (Lipinski definition) is 1. The number of anilines is 1. The SMILES string of the molecule is CN1CCC(Oc2cnc3ccc(C4=CCc5nc(NCC(C)(C)F)ncc54)cc3n2)CC1. The molecule has 3 aromatic rings. The molecular weight excluding hydrogens is 419 g/mol. The number of rotatable bonds is 6. The first-order chi connectivity index (χ1) is 15.8. The van der Waals surface area contributed by atoms with Gasteiger partial charge in [0.2, 0.25) is 11.8 Å². The summed E-state index contributed by atoms with van der Waals surface area (Å²) in [5, 5.41) is 2.98. The Hall–Kier alpha value is -3.13. The molecule has 8 heteroatoms. The lowest BCUT2D eigenvalue weighted by atomic mass is 10.0. The monoisotopic (exact) mass is 448 g/mol.